The van der Waals surface area contributed by atoms with Crippen molar-refractivity contribution in [1.82, 2.24) is 0 Å². The minimum atomic E-state index is -1.49. The maximum absolute atomic E-state index is 9.79. The summed E-state index contributed by atoms with van der Waals surface area (Å²) in [5.74, 6) is 0. The van der Waals surface area contributed by atoms with Crippen LogP contribution in [0.3, 0.4) is 0 Å². The second kappa shape index (κ2) is 13.9. The zero-order valence-corrected chi connectivity index (χ0v) is 15.7. The third-order valence-corrected chi connectivity index (χ3v) is 4.86. The molecule has 1 fully saturated rings. The molecule has 6 heteroatoms. The highest BCUT2D eigenvalue weighted by atomic mass is 16.6. The molecule has 150 valence electrons. The minimum Gasteiger partial charge on any atom is -0.387 e. The van der Waals surface area contributed by atoms with Crippen LogP contribution in [-0.2, 0) is 9.47 Å². The fraction of sp³-hybridized carbons (Fsp3) is 1.00. The third-order valence-electron chi connectivity index (χ3n) is 4.86. The van der Waals surface area contributed by atoms with Crippen molar-refractivity contribution in [3.63, 3.8) is 0 Å². The van der Waals surface area contributed by atoms with Gasteiger partial charge in [0.15, 0.2) is 6.29 Å². The van der Waals surface area contributed by atoms with Crippen LogP contribution in [0.4, 0.5) is 0 Å². The molecule has 0 amide bonds. The molecule has 5 atom stereocenters. The van der Waals surface area contributed by atoms with Crippen LogP contribution >= 0.6 is 0 Å². The Hall–Kier alpha value is -0.240. The number of aliphatic hydroxyl groups is 4. The smallest absolute Gasteiger partial charge is 0.184 e. The number of ether oxygens (including phenoxy) is 2. The summed E-state index contributed by atoms with van der Waals surface area (Å²) in [5.41, 5.74) is 0. The first-order valence-corrected chi connectivity index (χ1v) is 10.0. The minimum absolute atomic E-state index is 0.0970. The Balaban J connectivity index is 1.90. The Morgan fingerprint density at radius 2 is 1.20 bits per heavy atom. The van der Waals surface area contributed by atoms with Crippen molar-refractivity contribution in [3.8, 4) is 0 Å². The molecule has 0 spiro atoms. The van der Waals surface area contributed by atoms with E-state index < -0.39 is 30.7 Å². The molecular weight excluding hydrogens is 324 g/mol. The average molecular weight is 363 g/mol. The molecule has 1 saturated heterocycles. The molecule has 1 aliphatic heterocycles. The molecule has 0 aromatic rings. The van der Waals surface area contributed by atoms with E-state index in [9.17, 15) is 20.4 Å². The lowest BCUT2D eigenvalue weighted by Crippen LogP contribution is -2.58. The van der Waals surface area contributed by atoms with Gasteiger partial charge >= 0.3 is 0 Å². The molecule has 0 saturated carbocycles. The normalized spacial score (nSPS) is 29.9. The zero-order valence-electron chi connectivity index (χ0n) is 15.7. The summed E-state index contributed by atoms with van der Waals surface area (Å²) in [6, 6.07) is 0. The summed E-state index contributed by atoms with van der Waals surface area (Å²) in [4.78, 5) is 0. The van der Waals surface area contributed by atoms with Gasteiger partial charge in [-0.15, -0.1) is 0 Å². The van der Waals surface area contributed by atoms with E-state index in [2.05, 4.69) is 6.92 Å². The predicted octanol–water partition coefficient (Wildman–Crippen LogP) is 2.11. The van der Waals surface area contributed by atoms with Crippen LogP contribution in [0.15, 0.2) is 0 Å². The van der Waals surface area contributed by atoms with Crippen molar-refractivity contribution in [2.45, 2.75) is 108 Å². The number of aliphatic hydroxyl groups excluding tert-OH is 4. The van der Waals surface area contributed by atoms with Gasteiger partial charge in [-0.3, -0.25) is 0 Å². The molecule has 6 nitrogen and oxygen atoms in total. The van der Waals surface area contributed by atoms with Gasteiger partial charge in [0.1, 0.15) is 24.4 Å². The summed E-state index contributed by atoms with van der Waals surface area (Å²) in [6.45, 7) is 2.91. The molecule has 1 rings (SSSR count). The van der Waals surface area contributed by atoms with Gasteiger partial charge in [0.25, 0.3) is 0 Å². The Labute approximate surface area is 152 Å². The largest absolute Gasteiger partial charge is 0.387 e. The lowest BCUT2D eigenvalue weighted by atomic mass is 9.99. The van der Waals surface area contributed by atoms with Gasteiger partial charge in [0.05, 0.1) is 6.61 Å². The summed E-state index contributed by atoms with van der Waals surface area (Å²) in [6.07, 6.45) is 7.51. The van der Waals surface area contributed by atoms with Gasteiger partial charge in [0.2, 0.25) is 0 Å². The Morgan fingerprint density at radius 3 is 1.76 bits per heavy atom. The maximum atomic E-state index is 9.79. The molecule has 0 radical (unpaired) electrons. The van der Waals surface area contributed by atoms with Crippen molar-refractivity contribution in [1.29, 1.82) is 0 Å². The molecule has 25 heavy (non-hydrogen) atoms. The first kappa shape index (κ1) is 22.8. The quantitative estimate of drug-likeness (QED) is 0.353. The molecule has 0 aromatic carbocycles. The van der Waals surface area contributed by atoms with Crippen molar-refractivity contribution < 1.29 is 29.9 Å². The van der Waals surface area contributed by atoms with Crippen LogP contribution in [0.5, 0.6) is 0 Å². The summed E-state index contributed by atoms with van der Waals surface area (Å²) >= 11 is 0. The summed E-state index contributed by atoms with van der Waals surface area (Å²) < 4.78 is 10.5. The highest BCUT2D eigenvalue weighted by Crippen LogP contribution is 2.20. The first-order valence-electron chi connectivity index (χ1n) is 10.0. The van der Waals surface area contributed by atoms with E-state index in [-0.39, 0.29) is 6.61 Å². The van der Waals surface area contributed by atoms with Crippen molar-refractivity contribution in [3.05, 3.63) is 0 Å². The molecule has 0 unspecified atom stereocenters. The summed E-state index contributed by atoms with van der Waals surface area (Å²) in [5, 5.41) is 38.2. The SMILES string of the molecule is CCCCCCCCCCCCCOC[C@H]1O[C@H](O)[C@H](O)[C@@H](O)[C@H]1O. The molecule has 4 N–H and O–H groups in total. The topological polar surface area (TPSA) is 99.4 Å². The van der Waals surface area contributed by atoms with Crippen molar-refractivity contribution in [2.75, 3.05) is 13.2 Å². The van der Waals surface area contributed by atoms with E-state index >= 15 is 0 Å². The molecule has 1 heterocycles. The lowest BCUT2D eigenvalue weighted by molar-refractivity contribution is -0.288. The summed E-state index contributed by atoms with van der Waals surface area (Å²) in [7, 11) is 0. The molecule has 0 bridgehead atoms. The molecular formula is C19H38O6. The fourth-order valence-corrected chi connectivity index (χ4v) is 3.14. The van der Waals surface area contributed by atoms with Crippen LogP contribution < -0.4 is 0 Å². The number of hydrogen-bond acceptors (Lipinski definition) is 6. The van der Waals surface area contributed by atoms with E-state index in [0.717, 1.165) is 12.8 Å². The van der Waals surface area contributed by atoms with E-state index in [4.69, 9.17) is 9.47 Å². The average Bonchev–Trinajstić information content (AvgIpc) is 2.61. The second-order valence-electron chi connectivity index (χ2n) is 7.15. The highest BCUT2D eigenvalue weighted by molar-refractivity contribution is 4.88. The van der Waals surface area contributed by atoms with Gasteiger partial charge in [-0.25, -0.2) is 0 Å². The van der Waals surface area contributed by atoms with Gasteiger partial charge in [-0.05, 0) is 6.42 Å². The monoisotopic (exact) mass is 362 g/mol. The number of rotatable bonds is 14. The Bertz CT molecular complexity index is 314. The lowest BCUT2D eigenvalue weighted by Gasteiger charge is -2.38. The number of hydrogen-bond donors (Lipinski definition) is 4. The fourth-order valence-electron chi connectivity index (χ4n) is 3.14. The third kappa shape index (κ3) is 9.31. The van der Waals surface area contributed by atoms with E-state index in [0.29, 0.717) is 6.61 Å². The maximum Gasteiger partial charge on any atom is 0.184 e. The van der Waals surface area contributed by atoms with Crippen LogP contribution in [0.1, 0.15) is 77.6 Å². The van der Waals surface area contributed by atoms with E-state index in [1.165, 1.54) is 57.8 Å². The first-order chi connectivity index (χ1) is 12.1. The Morgan fingerprint density at radius 1 is 0.680 bits per heavy atom. The standard InChI is InChI=1S/C19H38O6/c1-2-3-4-5-6-7-8-9-10-11-12-13-24-14-15-16(20)17(21)18(22)19(23)25-15/h15-23H,2-14H2,1H3/t15-,16+,17+,18-,19+/m1/s1. The zero-order chi connectivity index (χ0) is 18.5. The van der Waals surface area contributed by atoms with E-state index in [1.807, 2.05) is 0 Å². The van der Waals surface area contributed by atoms with Gasteiger partial charge < -0.3 is 29.9 Å². The van der Waals surface area contributed by atoms with Crippen LogP contribution in [0.2, 0.25) is 0 Å². The second-order valence-corrected chi connectivity index (χ2v) is 7.15. The van der Waals surface area contributed by atoms with Crippen LogP contribution in [0, 0.1) is 0 Å². The van der Waals surface area contributed by atoms with Crippen LogP contribution in [-0.4, -0.2) is 64.3 Å². The highest BCUT2D eigenvalue weighted by Gasteiger charge is 2.42. The molecule has 1 aliphatic rings. The molecule has 0 aliphatic carbocycles. The van der Waals surface area contributed by atoms with E-state index in [1.54, 1.807) is 0 Å². The van der Waals surface area contributed by atoms with Gasteiger partial charge in [0, 0.05) is 6.61 Å². The van der Waals surface area contributed by atoms with Gasteiger partial charge in [-0.1, -0.05) is 71.1 Å². The number of unbranched alkanes of at least 4 members (excludes halogenated alkanes) is 10. The van der Waals surface area contributed by atoms with Gasteiger partial charge in [-0.2, -0.15) is 0 Å². The molecule has 0 aromatic heterocycles. The van der Waals surface area contributed by atoms with Crippen molar-refractivity contribution >= 4 is 0 Å². The van der Waals surface area contributed by atoms with Crippen LogP contribution in [0.25, 0.3) is 0 Å². The predicted molar refractivity (Wildman–Crippen MR) is 96.2 cm³/mol. The van der Waals surface area contributed by atoms with Crippen molar-refractivity contribution in [2.24, 2.45) is 0 Å². The Kier molecular flexibility index (Phi) is 12.7.